The molecule has 1 aromatic carbocycles. The SMILES string of the molecule is COC(=O)c1ccccc1CS(=O)(=O)N1CCCC(N2CCNCC2=O)C1.Cl. The molecular weight excluding hydrogens is 406 g/mol. The average molecular weight is 432 g/mol. The molecule has 0 saturated carbocycles. The third kappa shape index (κ3) is 5.02. The first kappa shape index (κ1) is 22.6. The number of halogens is 1. The van der Waals surface area contributed by atoms with Crippen LogP contribution in [0.2, 0.25) is 0 Å². The van der Waals surface area contributed by atoms with Crippen LogP contribution in [0.5, 0.6) is 0 Å². The molecule has 0 aliphatic carbocycles. The van der Waals surface area contributed by atoms with E-state index in [1.807, 2.05) is 0 Å². The van der Waals surface area contributed by atoms with Gasteiger partial charge in [0.05, 0.1) is 25.0 Å². The van der Waals surface area contributed by atoms with Gasteiger partial charge >= 0.3 is 5.97 Å². The summed E-state index contributed by atoms with van der Waals surface area (Å²) >= 11 is 0. The van der Waals surface area contributed by atoms with Gasteiger partial charge in [-0.05, 0) is 24.5 Å². The molecule has 0 bridgehead atoms. The van der Waals surface area contributed by atoms with E-state index in [1.165, 1.54) is 11.4 Å². The highest BCUT2D eigenvalue weighted by Crippen LogP contribution is 2.23. The van der Waals surface area contributed by atoms with Crippen molar-refractivity contribution >= 4 is 34.3 Å². The van der Waals surface area contributed by atoms with Gasteiger partial charge in [-0.3, -0.25) is 4.79 Å². The largest absolute Gasteiger partial charge is 0.465 e. The summed E-state index contributed by atoms with van der Waals surface area (Å²) < 4.78 is 32.2. The lowest BCUT2D eigenvalue weighted by Gasteiger charge is -2.40. The molecule has 2 fully saturated rings. The van der Waals surface area contributed by atoms with Crippen molar-refractivity contribution in [1.82, 2.24) is 14.5 Å². The van der Waals surface area contributed by atoms with Gasteiger partial charge in [0.1, 0.15) is 0 Å². The van der Waals surface area contributed by atoms with Gasteiger partial charge in [-0.2, -0.15) is 4.31 Å². The minimum Gasteiger partial charge on any atom is -0.465 e. The molecule has 2 aliphatic rings. The Kier molecular flexibility index (Phi) is 7.82. The van der Waals surface area contributed by atoms with E-state index in [1.54, 1.807) is 29.2 Å². The predicted molar refractivity (Wildman–Crippen MR) is 107 cm³/mol. The van der Waals surface area contributed by atoms with E-state index in [9.17, 15) is 18.0 Å². The average Bonchev–Trinajstić information content (AvgIpc) is 2.68. The number of hydrogen-bond acceptors (Lipinski definition) is 6. The molecular formula is C18H26ClN3O5S. The molecule has 0 spiro atoms. The first-order valence-corrected chi connectivity index (χ1v) is 10.7. The normalized spacial score (nSPS) is 21.1. The third-order valence-corrected chi connectivity index (χ3v) is 6.87. The number of methoxy groups -OCH3 is 1. The molecule has 1 aromatic rings. The van der Waals surface area contributed by atoms with E-state index >= 15 is 0 Å². The molecule has 0 radical (unpaired) electrons. The number of esters is 1. The smallest absolute Gasteiger partial charge is 0.338 e. The lowest BCUT2D eigenvalue weighted by atomic mass is 10.1. The van der Waals surface area contributed by atoms with Gasteiger partial charge in [0.15, 0.2) is 0 Å². The quantitative estimate of drug-likeness (QED) is 0.686. The number of carbonyl (C=O) groups excluding carboxylic acids is 2. The lowest BCUT2D eigenvalue weighted by molar-refractivity contribution is -0.135. The molecule has 28 heavy (non-hydrogen) atoms. The minimum absolute atomic E-state index is 0. The van der Waals surface area contributed by atoms with Crippen LogP contribution >= 0.6 is 12.4 Å². The second kappa shape index (κ2) is 9.69. The van der Waals surface area contributed by atoms with Crippen molar-refractivity contribution < 1.29 is 22.7 Å². The van der Waals surface area contributed by atoms with Crippen LogP contribution in [0.3, 0.4) is 0 Å². The molecule has 0 aromatic heterocycles. The molecule has 2 aliphatic heterocycles. The number of hydrogen-bond donors (Lipinski definition) is 1. The zero-order valence-corrected chi connectivity index (χ0v) is 17.4. The number of amides is 1. The maximum absolute atomic E-state index is 13.0. The second-order valence-electron chi connectivity index (χ2n) is 6.82. The van der Waals surface area contributed by atoms with Crippen LogP contribution in [0.15, 0.2) is 24.3 Å². The Labute approximate surface area is 171 Å². The number of benzene rings is 1. The standard InChI is InChI=1S/C18H25N3O5S.ClH/c1-26-18(23)16-7-3-2-5-14(16)13-27(24,25)20-9-4-6-15(12-20)21-10-8-19-11-17(21)22;/h2-3,5,7,15,19H,4,6,8-13H2,1H3;1H. The first-order valence-electron chi connectivity index (χ1n) is 9.06. The van der Waals surface area contributed by atoms with E-state index in [0.29, 0.717) is 38.2 Å². The van der Waals surface area contributed by atoms with Crippen molar-refractivity contribution in [3.63, 3.8) is 0 Å². The maximum Gasteiger partial charge on any atom is 0.338 e. The molecule has 2 saturated heterocycles. The van der Waals surface area contributed by atoms with E-state index in [4.69, 9.17) is 4.74 Å². The number of nitrogens with one attached hydrogen (secondary N) is 1. The molecule has 1 unspecified atom stereocenters. The highest BCUT2D eigenvalue weighted by atomic mass is 35.5. The molecule has 1 atom stereocenters. The van der Waals surface area contributed by atoms with Gasteiger partial charge in [0.2, 0.25) is 15.9 Å². The Morgan fingerprint density at radius 3 is 2.75 bits per heavy atom. The van der Waals surface area contributed by atoms with Crippen molar-refractivity contribution in [2.45, 2.75) is 24.6 Å². The summed E-state index contributed by atoms with van der Waals surface area (Å²) in [6.45, 7) is 2.35. The fourth-order valence-electron chi connectivity index (χ4n) is 3.68. The van der Waals surface area contributed by atoms with Gasteiger partial charge in [0, 0.05) is 32.2 Å². The number of piperidine rings is 1. The topological polar surface area (TPSA) is 96.0 Å². The Morgan fingerprint density at radius 1 is 1.29 bits per heavy atom. The Hall–Kier alpha value is -1.68. The number of nitrogens with zero attached hydrogens (tertiary/aromatic N) is 2. The molecule has 1 amide bonds. The number of carbonyl (C=O) groups is 2. The molecule has 1 N–H and O–H groups in total. The van der Waals surface area contributed by atoms with Crippen LogP contribution in [0.25, 0.3) is 0 Å². The van der Waals surface area contributed by atoms with Crippen molar-refractivity contribution in [3.05, 3.63) is 35.4 Å². The Balaban J connectivity index is 0.00000280. The highest BCUT2D eigenvalue weighted by molar-refractivity contribution is 7.88. The molecule has 8 nitrogen and oxygen atoms in total. The minimum atomic E-state index is -3.62. The van der Waals surface area contributed by atoms with E-state index in [2.05, 4.69) is 5.32 Å². The molecule has 2 heterocycles. The van der Waals surface area contributed by atoms with Crippen LogP contribution in [0.1, 0.15) is 28.8 Å². The summed E-state index contributed by atoms with van der Waals surface area (Å²) in [7, 11) is -2.35. The lowest BCUT2D eigenvalue weighted by Crippen LogP contribution is -2.57. The fourth-order valence-corrected chi connectivity index (χ4v) is 5.31. The summed E-state index contributed by atoms with van der Waals surface area (Å²) in [6, 6.07) is 6.48. The van der Waals surface area contributed by atoms with Gasteiger partial charge in [0.25, 0.3) is 0 Å². The van der Waals surface area contributed by atoms with Crippen molar-refractivity contribution in [2.75, 3.05) is 39.8 Å². The summed E-state index contributed by atoms with van der Waals surface area (Å²) in [5.74, 6) is -0.800. The Bertz CT molecular complexity index is 817. The van der Waals surface area contributed by atoms with Gasteiger partial charge in [-0.1, -0.05) is 18.2 Å². The summed E-state index contributed by atoms with van der Waals surface area (Å²) in [4.78, 5) is 25.8. The fraction of sp³-hybridized carbons (Fsp3) is 0.556. The predicted octanol–water partition coefficient (Wildman–Crippen LogP) is 0.621. The van der Waals surface area contributed by atoms with Gasteiger partial charge in [-0.15, -0.1) is 12.4 Å². The highest BCUT2D eigenvalue weighted by Gasteiger charge is 2.34. The van der Waals surface area contributed by atoms with Gasteiger partial charge in [-0.25, -0.2) is 13.2 Å². The van der Waals surface area contributed by atoms with Crippen molar-refractivity contribution in [2.24, 2.45) is 0 Å². The molecule has 156 valence electrons. The first-order chi connectivity index (χ1) is 12.9. The molecule has 3 rings (SSSR count). The second-order valence-corrected chi connectivity index (χ2v) is 8.79. The van der Waals surface area contributed by atoms with E-state index < -0.39 is 16.0 Å². The third-order valence-electron chi connectivity index (χ3n) is 5.08. The summed E-state index contributed by atoms with van der Waals surface area (Å²) in [5.41, 5.74) is 0.680. The number of sulfonamides is 1. The van der Waals surface area contributed by atoms with Crippen LogP contribution in [0, 0.1) is 0 Å². The van der Waals surface area contributed by atoms with Crippen molar-refractivity contribution in [1.29, 1.82) is 0 Å². The summed E-state index contributed by atoms with van der Waals surface area (Å²) in [6.07, 6.45) is 1.51. The van der Waals surface area contributed by atoms with E-state index in [0.717, 1.165) is 13.0 Å². The monoisotopic (exact) mass is 431 g/mol. The zero-order valence-electron chi connectivity index (χ0n) is 15.8. The summed E-state index contributed by atoms with van der Waals surface area (Å²) in [5, 5.41) is 3.03. The number of piperazine rings is 1. The Morgan fingerprint density at radius 2 is 2.04 bits per heavy atom. The van der Waals surface area contributed by atoms with Crippen LogP contribution in [0.4, 0.5) is 0 Å². The zero-order chi connectivity index (χ0) is 19.4. The maximum atomic E-state index is 13.0. The number of ether oxygens (including phenoxy) is 1. The number of rotatable bonds is 5. The van der Waals surface area contributed by atoms with Crippen molar-refractivity contribution in [3.8, 4) is 0 Å². The van der Waals surface area contributed by atoms with Crippen LogP contribution in [-0.4, -0.2) is 75.4 Å². The van der Waals surface area contributed by atoms with Crippen LogP contribution in [-0.2, 0) is 25.3 Å². The van der Waals surface area contributed by atoms with Crippen LogP contribution < -0.4 is 5.32 Å². The van der Waals surface area contributed by atoms with Gasteiger partial charge < -0.3 is 15.0 Å². The molecule has 10 heteroatoms. The van der Waals surface area contributed by atoms with E-state index in [-0.39, 0.29) is 35.7 Å².